The molecule has 0 N–H and O–H groups in total. The largest absolute Gasteiger partial charge is 0.151 e. The third kappa shape index (κ3) is 8.03. The number of hydrogen-bond donors (Lipinski definition) is 1. The van der Waals surface area contributed by atoms with Crippen molar-refractivity contribution in [3.05, 3.63) is 15.9 Å². The van der Waals surface area contributed by atoms with E-state index in [9.17, 15) is 4.91 Å². The van der Waals surface area contributed by atoms with Crippen LogP contribution in [0.4, 0.5) is 0 Å². The third-order valence-corrected chi connectivity index (χ3v) is 2.53. The molecule has 0 aromatic carbocycles. The molecule has 0 aliphatic rings. The van der Waals surface area contributed by atoms with Crippen LogP contribution in [-0.2, 0) is 0 Å². The first-order valence-corrected chi connectivity index (χ1v) is 5.31. The summed E-state index contributed by atoms with van der Waals surface area (Å²) in [5, 5.41) is 4.70. The van der Waals surface area contributed by atoms with Crippen molar-refractivity contribution in [1.29, 1.82) is 0 Å². The lowest BCUT2D eigenvalue weighted by Gasteiger charge is -2.10. The van der Waals surface area contributed by atoms with Gasteiger partial charge < -0.3 is 0 Å². The van der Waals surface area contributed by atoms with Crippen molar-refractivity contribution in [3.8, 4) is 0 Å². The molecule has 0 aromatic heterocycles. The molecule has 0 saturated heterocycles. The van der Waals surface area contributed by atoms with E-state index in [0.29, 0.717) is 12.5 Å². The predicted molar refractivity (Wildman–Crippen MR) is 61.0 cm³/mol. The van der Waals surface area contributed by atoms with Gasteiger partial charge in [-0.15, -0.1) is 0 Å². The predicted octanol–water partition coefficient (Wildman–Crippen LogP) is 3.78. The highest BCUT2D eigenvalue weighted by atomic mass is 32.1. The number of thiol groups is 1. The van der Waals surface area contributed by atoms with Crippen molar-refractivity contribution in [2.75, 3.05) is 6.54 Å². The molecule has 0 radical (unpaired) electrons. The van der Waals surface area contributed by atoms with Crippen molar-refractivity contribution in [1.82, 2.24) is 0 Å². The highest BCUT2D eigenvalue weighted by Gasteiger charge is 2.02. The van der Waals surface area contributed by atoms with Crippen LogP contribution in [0.2, 0.25) is 0 Å². The summed E-state index contributed by atoms with van der Waals surface area (Å²) in [5.74, 6) is 0.690. The molecule has 0 spiro atoms. The summed E-state index contributed by atoms with van der Waals surface area (Å²) in [7, 11) is 0. The number of nitroso groups, excluding NO2 is 1. The molecule has 76 valence electrons. The van der Waals surface area contributed by atoms with Crippen LogP contribution in [0.3, 0.4) is 0 Å². The molecule has 1 unspecified atom stereocenters. The summed E-state index contributed by atoms with van der Waals surface area (Å²) in [6, 6.07) is 0. The van der Waals surface area contributed by atoms with E-state index < -0.39 is 0 Å². The molecule has 2 nitrogen and oxygen atoms in total. The van der Waals surface area contributed by atoms with E-state index in [2.05, 4.69) is 31.7 Å². The SMILES string of the molecule is C/C(=C\S)CC(C)CCCCN=O. The Morgan fingerprint density at radius 3 is 2.77 bits per heavy atom. The molecule has 13 heavy (non-hydrogen) atoms. The second-order valence-electron chi connectivity index (χ2n) is 3.63. The third-order valence-electron chi connectivity index (χ3n) is 2.09. The normalized spacial score (nSPS) is 14.2. The number of hydrogen-bond acceptors (Lipinski definition) is 3. The van der Waals surface area contributed by atoms with Crippen LogP contribution in [0.5, 0.6) is 0 Å². The Morgan fingerprint density at radius 1 is 1.54 bits per heavy atom. The lowest BCUT2D eigenvalue weighted by molar-refractivity contribution is 0.497. The van der Waals surface area contributed by atoms with Crippen LogP contribution in [0, 0.1) is 10.8 Å². The van der Waals surface area contributed by atoms with Gasteiger partial charge in [-0.1, -0.05) is 30.5 Å². The minimum Gasteiger partial charge on any atom is -0.151 e. The van der Waals surface area contributed by atoms with Crippen LogP contribution in [-0.4, -0.2) is 6.54 Å². The molecule has 3 heteroatoms. The molecule has 0 heterocycles. The van der Waals surface area contributed by atoms with Gasteiger partial charge in [-0.2, -0.15) is 17.5 Å². The Balaban J connectivity index is 3.40. The average Bonchev–Trinajstić information content (AvgIpc) is 2.12. The van der Waals surface area contributed by atoms with Gasteiger partial charge in [0.25, 0.3) is 0 Å². The molecule has 0 fully saturated rings. The maximum Gasteiger partial charge on any atom is 0.0811 e. The van der Waals surface area contributed by atoms with E-state index in [-0.39, 0.29) is 0 Å². The van der Waals surface area contributed by atoms with E-state index in [1.54, 1.807) is 0 Å². The van der Waals surface area contributed by atoms with Crippen molar-refractivity contribution in [2.24, 2.45) is 11.1 Å². The fourth-order valence-corrected chi connectivity index (χ4v) is 1.48. The van der Waals surface area contributed by atoms with E-state index in [0.717, 1.165) is 19.3 Å². The molecule has 0 aliphatic heterocycles. The maximum atomic E-state index is 9.80. The van der Waals surface area contributed by atoms with Gasteiger partial charge in [-0.25, -0.2) is 0 Å². The summed E-state index contributed by atoms with van der Waals surface area (Å²) in [4.78, 5) is 9.80. The first-order valence-electron chi connectivity index (χ1n) is 4.79. The summed E-state index contributed by atoms with van der Waals surface area (Å²) in [5.41, 5.74) is 1.32. The minimum atomic E-state index is 0.466. The summed E-state index contributed by atoms with van der Waals surface area (Å²) in [6.45, 7) is 4.79. The summed E-state index contributed by atoms with van der Waals surface area (Å²) < 4.78 is 0. The number of allylic oxidation sites excluding steroid dienone is 1. The van der Waals surface area contributed by atoms with Crippen molar-refractivity contribution >= 4 is 12.6 Å². The monoisotopic (exact) mass is 201 g/mol. The Kier molecular flexibility index (Phi) is 8.10. The van der Waals surface area contributed by atoms with Gasteiger partial charge in [-0.3, -0.25) is 0 Å². The van der Waals surface area contributed by atoms with Crippen molar-refractivity contribution in [2.45, 2.75) is 39.5 Å². The molecular weight excluding hydrogens is 182 g/mol. The fourth-order valence-electron chi connectivity index (χ4n) is 1.37. The highest BCUT2D eigenvalue weighted by Crippen LogP contribution is 2.17. The summed E-state index contributed by atoms with van der Waals surface area (Å²) >= 11 is 4.10. The van der Waals surface area contributed by atoms with Gasteiger partial charge in [0.15, 0.2) is 0 Å². The van der Waals surface area contributed by atoms with Gasteiger partial charge in [0.2, 0.25) is 0 Å². The summed E-state index contributed by atoms with van der Waals surface area (Å²) in [6.07, 6.45) is 4.32. The fraction of sp³-hybridized carbons (Fsp3) is 0.800. The van der Waals surface area contributed by atoms with Crippen LogP contribution in [0.25, 0.3) is 0 Å². The Labute approximate surface area is 86.2 Å². The zero-order valence-corrected chi connectivity index (χ0v) is 9.39. The van der Waals surface area contributed by atoms with Gasteiger partial charge >= 0.3 is 0 Å². The van der Waals surface area contributed by atoms with E-state index in [4.69, 9.17) is 0 Å². The highest BCUT2D eigenvalue weighted by molar-refractivity contribution is 7.83. The topological polar surface area (TPSA) is 29.4 Å². The van der Waals surface area contributed by atoms with Gasteiger partial charge in [0, 0.05) is 0 Å². The van der Waals surface area contributed by atoms with Crippen molar-refractivity contribution < 1.29 is 0 Å². The molecule has 1 atom stereocenters. The Bertz CT molecular complexity index is 168. The number of unbranched alkanes of at least 4 members (excludes halogenated alkanes) is 1. The van der Waals surface area contributed by atoms with Crippen LogP contribution >= 0.6 is 12.6 Å². The minimum absolute atomic E-state index is 0.466. The van der Waals surface area contributed by atoms with Crippen LogP contribution < -0.4 is 0 Å². The van der Waals surface area contributed by atoms with E-state index in [1.807, 2.05) is 5.41 Å². The second-order valence-corrected chi connectivity index (χ2v) is 3.89. The zero-order valence-electron chi connectivity index (χ0n) is 8.49. The van der Waals surface area contributed by atoms with Gasteiger partial charge in [0.05, 0.1) is 6.54 Å². The molecule has 0 saturated carbocycles. The molecular formula is C10H19NOS. The molecule has 0 amide bonds. The van der Waals surface area contributed by atoms with Crippen LogP contribution in [0.15, 0.2) is 16.2 Å². The van der Waals surface area contributed by atoms with Crippen LogP contribution in [0.1, 0.15) is 39.5 Å². The molecule has 0 aliphatic carbocycles. The average molecular weight is 201 g/mol. The Morgan fingerprint density at radius 2 is 2.23 bits per heavy atom. The first-order chi connectivity index (χ1) is 6.20. The molecule has 0 bridgehead atoms. The number of nitrogens with zero attached hydrogens (tertiary/aromatic N) is 1. The first kappa shape index (κ1) is 12.7. The lowest BCUT2D eigenvalue weighted by Crippen LogP contribution is -1.96. The second kappa shape index (κ2) is 8.30. The quantitative estimate of drug-likeness (QED) is 0.379. The van der Waals surface area contributed by atoms with E-state index >= 15 is 0 Å². The van der Waals surface area contributed by atoms with Gasteiger partial charge in [-0.05, 0) is 31.1 Å². The maximum absolute atomic E-state index is 9.80. The zero-order chi connectivity index (χ0) is 10.1. The molecule has 0 rings (SSSR count). The lowest BCUT2D eigenvalue weighted by atomic mass is 9.97. The Hall–Kier alpha value is -0.310. The van der Waals surface area contributed by atoms with Crippen molar-refractivity contribution in [3.63, 3.8) is 0 Å². The smallest absolute Gasteiger partial charge is 0.0811 e. The standard InChI is InChI=1S/C10H19NOS/c1-9(7-10(2)8-13)5-3-4-6-11-12/h8-9,13H,3-7H2,1-2H3/b10-8+. The van der Waals surface area contributed by atoms with E-state index in [1.165, 1.54) is 12.0 Å². The number of rotatable bonds is 7. The van der Waals surface area contributed by atoms with Gasteiger partial charge in [0.1, 0.15) is 0 Å². The molecule has 0 aromatic rings.